The SMILES string of the molecule is C1CCC2CCCC3CCCCCC4CCCC5CCCCCC6CCCC(CC1)C6B1CB(CB(C1)C45)C23. The molecule has 0 spiro atoms. The highest BCUT2D eigenvalue weighted by molar-refractivity contribution is 6.96. The van der Waals surface area contributed by atoms with Gasteiger partial charge in [-0.05, 0) is 35.5 Å². The Balaban J connectivity index is 1.30. The minimum Gasteiger partial charge on any atom is -0.0954 e. The van der Waals surface area contributed by atoms with Crippen molar-refractivity contribution >= 4 is 20.1 Å². The standard InChI is InChI=1S/C36H63B3/c1-4-13-28-19-10-21-30-15-6-2-8-17-32-23-12-24-33-18-9-3-7-16-31-22-11-20-29(14-5-1)35(31)38-25-37(34(28)30)26-39(27-38)36(32)33/h28-36H,1-27H2. The molecule has 3 heteroatoms. The van der Waals surface area contributed by atoms with Gasteiger partial charge in [0.15, 0.2) is 0 Å². The first-order valence-electron chi connectivity index (χ1n) is 19.3. The van der Waals surface area contributed by atoms with E-state index in [0.29, 0.717) is 0 Å². The van der Waals surface area contributed by atoms with Gasteiger partial charge in [0.05, 0.1) is 0 Å². The van der Waals surface area contributed by atoms with Crippen LogP contribution in [0.3, 0.4) is 0 Å². The number of hydrogen-bond acceptors (Lipinski definition) is 0. The van der Waals surface area contributed by atoms with Crippen molar-refractivity contribution < 1.29 is 0 Å². The monoisotopic (exact) mass is 529 g/mol. The second kappa shape index (κ2) is 13.2. The Labute approximate surface area is 245 Å². The first-order valence-corrected chi connectivity index (χ1v) is 19.3. The van der Waals surface area contributed by atoms with E-state index in [0.717, 1.165) is 73.1 Å². The van der Waals surface area contributed by atoms with Crippen LogP contribution in [0, 0.1) is 35.5 Å². The van der Waals surface area contributed by atoms with Gasteiger partial charge >= 0.3 is 0 Å². The Morgan fingerprint density at radius 1 is 0.231 bits per heavy atom. The predicted octanol–water partition coefficient (Wildman–Crippen LogP) is 11.4. The van der Waals surface area contributed by atoms with Crippen LogP contribution < -0.4 is 0 Å². The molecular formula is C36H63B3. The van der Waals surface area contributed by atoms with E-state index in [4.69, 9.17) is 0 Å². The van der Waals surface area contributed by atoms with E-state index >= 15 is 0 Å². The van der Waals surface area contributed by atoms with Crippen LogP contribution >= 0.6 is 0 Å². The van der Waals surface area contributed by atoms with Gasteiger partial charge in [0.1, 0.15) is 20.1 Å². The highest BCUT2D eigenvalue weighted by atomic mass is 14.4. The number of rotatable bonds is 0. The molecule has 0 aromatic heterocycles. The third-order valence-electron chi connectivity index (χ3n) is 15.1. The van der Waals surface area contributed by atoms with Crippen LogP contribution in [0.5, 0.6) is 0 Å². The highest BCUT2D eigenvalue weighted by Gasteiger charge is 2.53. The third-order valence-corrected chi connectivity index (χ3v) is 15.1. The second-order valence-electron chi connectivity index (χ2n) is 17.0. The molecule has 0 N–H and O–H groups in total. The van der Waals surface area contributed by atoms with Gasteiger partial charge in [0, 0.05) is 0 Å². The van der Waals surface area contributed by atoms with Crippen molar-refractivity contribution in [3.05, 3.63) is 0 Å². The molecule has 6 unspecified atom stereocenters. The van der Waals surface area contributed by atoms with E-state index in [-0.39, 0.29) is 0 Å². The topological polar surface area (TPSA) is 0 Å². The zero-order valence-electron chi connectivity index (χ0n) is 26.0. The maximum atomic E-state index is 1.69. The summed E-state index contributed by atoms with van der Waals surface area (Å²) < 4.78 is 0. The third kappa shape index (κ3) is 6.15. The maximum absolute atomic E-state index is 1.69. The summed E-state index contributed by atoms with van der Waals surface area (Å²) in [4.78, 5) is 0. The molecule has 3 saturated carbocycles. The molecule has 3 aliphatic carbocycles. The van der Waals surface area contributed by atoms with E-state index in [9.17, 15) is 0 Å². The second-order valence-corrected chi connectivity index (χ2v) is 17.0. The fraction of sp³-hybridized carbons (Fsp3) is 1.00. The fourth-order valence-electron chi connectivity index (χ4n) is 13.9. The lowest BCUT2D eigenvalue weighted by molar-refractivity contribution is 0.209. The first-order chi connectivity index (χ1) is 19.3. The Bertz CT molecular complexity index is 621. The van der Waals surface area contributed by atoms with E-state index in [1.807, 2.05) is 0 Å². The van der Waals surface area contributed by atoms with Crippen LogP contribution in [0.25, 0.3) is 0 Å². The van der Waals surface area contributed by atoms with E-state index < -0.39 is 0 Å². The molecule has 0 nitrogen and oxygen atoms in total. The van der Waals surface area contributed by atoms with Crippen molar-refractivity contribution in [2.75, 3.05) is 0 Å². The molecule has 3 bridgehead atoms. The van der Waals surface area contributed by atoms with E-state index in [1.165, 1.54) is 0 Å². The smallest absolute Gasteiger partial charge is 0.0954 e. The summed E-state index contributed by atoms with van der Waals surface area (Å²) in [6.45, 7) is 3.33. The van der Waals surface area contributed by atoms with Gasteiger partial charge in [-0.25, -0.2) is 0 Å². The molecule has 0 aromatic rings. The largest absolute Gasteiger partial charge is 0.129 e. The van der Waals surface area contributed by atoms with Crippen molar-refractivity contribution in [3.8, 4) is 0 Å². The summed E-state index contributed by atoms with van der Waals surface area (Å²) in [6, 6.07) is 0. The average molecular weight is 528 g/mol. The minimum atomic E-state index is 1.10. The summed E-state index contributed by atoms with van der Waals surface area (Å²) in [5.41, 5.74) is 0. The molecule has 0 amide bonds. The zero-order chi connectivity index (χ0) is 26.0. The fourth-order valence-corrected chi connectivity index (χ4v) is 13.9. The molecule has 6 atom stereocenters. The quantitative estimate of drug-likeness (QED) is 0.275. The van der Waals surface area contributed by atoms with Crippen molar-refractivity contribution in [3.63, 3.8) is 0 Å². The summed E-state index contributed by atoms with van der Waals surface area (Å²) in [6.07, 6.45) is 43.2. The summed E-state index contributed by atoms with van der Waals surface area (Å²) in [5.74, 6) is 9.98. The molecule has 0 aromatic carbocycles. The van der Waals surface area contributed by atoms with Gasteiger partial charge in [-0.15, -0.1) is 0 Å². The molecule has 4 heterocycles. The van der Waals surface area contributed by atoms with Crippen LogP contribution in [0.2, 0.25) is 36.1 Å². The average Bonchev–Trinajstić information content (AvgIpc) is 2.95. The first kappa shape index (κ1) is 28.0. The predicted molar refractivity (Wildman–Crippen MR) is 175 cm³/mol. The maximum Gasteiger partial charge on any atom is 0.129 e. The van der Waals surface area contributed by atoms with Crippen molar-refractivity contribution in [2.45, 2.75) is 190 Å². The van der Waals surface area contributed by atoms with E-state index in [1.54, 1.807) is 173 Å². The van der Waals surface area contributed by atoms with Gasteiger partial charge in [0.25, 0.3) is 0 Å². The Kier molecular flexibility index (Phi) is 9.50. The molecule has 7 rings (SSSR count). The lowest BCUT2D eigenvalue weighted by Crippen LogP contribution is -2.53. The summed E-state index contributed by atoms with van der Waals surface area (Å²) in [7, 11) is 0. The molecular weight excluding hydrogens is 465 g/mol. The summed E-state index contributed by atoms with van der Waals surface area (Å²) in [5, 5.41) is 0. The molecule has 4 saturated heterocycles. The van der Waals surface area contributed by atoms with Gasteiger partial charge in [-0.3, -0.25) is 0 Å². The highest BCUT2D eigenvalue weighted by Crippen LogP contribution is 2.57. The minimum absolute atomic E-state index is 1.10. The molecule has 216 valence electrons. The Morgan fingerprint density at radius 3 is 0.667 bits per heavy atom. The molecule has 4 aliphatic heterocycles. The Morgan fingerprint density at radius 2 is 0.436 bits per heavy atom. The van der Waals surface area contributed by atoms with Crippen LogP contribution in [-0.2, 0) is 0 Å². The van der Waals surface area contributed by atoms with E-state index in [2.05, 4.69) is 0 Å². The van der Waals surface area contributed by atoms with Gasteiger partial charge in [-0.1, -0.05) is 190 Å². The van der Waals surface area contributed by atoms with Crippen molar-refractivity contribution in [1.29, 1.82) is 0 Å². The lowest BCUT2D eigenvalue weighted by Gasteiger charge is -2.53. The molecule has 7 aliphatic rings. The van der Waals surface area contributed by atoms with Crippen LogP contribution in [0.15, 0.2) is 0 Å². The van der Waals surface area contributed by atoms with Gasteiger partial charge in [0.2, 0.25) is 0 Å². The van der Waals surface area contributed by atoms with Crippen molar-refractivity contribution in [2.24, 2.45) is 35.5 Å². The zero-order valence-corrected chi connectivity index (χ0v) is 26.0. The Hall–Kier alpha value is 0.195. The van der Waals surface area contributed by atoms with Gasteiger partial charge < -0.3 is 0 Å². The lowest BCUT2D eigenvalue weighted by atomic mass is 9.01. The molecule has 0 radical (unpaired) electrons. The van der Waals surface area contributed by atoms with Crippen LogP contribution in [0.4, 0.5) is 0 Å². The molecule has 39 heavy (non-hydrogen) atoms. The normalized spacial score (nSPS) is 44.3. The van der Waals surface area contributed by atoms with Gasteiger partial charge in [-0.2, -0.15) is 0 Å². The number of hydrogen-bond donors (Lipinski definition) is 0. The summed E-state index contributed by atoms with van der Waals surface area (Å²) >= 11 is 0. The molecule has 7 fully saturated rings. The van der Waals surface area contributed by atoms with Crippen LogP contribution in [0.1, 0.15) is 154 Å². The van der Waals surface area contributed by atoms with Crippen molar-refractivity contribution in [1.82, 2.24) is 0 Å². The van der Waals surface area contributed by atoms with Crippen LogP contribution in [-0.4, -0.2) is 20.1 Å².